The van der Waals surface area contributed by atoms with Crippen LogP contribution in [-0.2, 0) is 0 Å². The fraction of sp³-hybridized carbons (Fsp3) is 0.310. The van der Waals surface area contributed by atoms with Crippen LogP contribution in [0.1, 0.15) is 36.9 Å². The van der Waals surface area contributed by atoms with Crippen molar-refractivity contribution in [2.45, 2.75) is 32.0 Å². The van der Waals surface area contributed by atoms with Crippen LogP contribution in [0.3, 0.4) is 0 Å². The van der Waals surface area contributed by atoms with Crippen LogP contribution in [0.25, 0.3) is 28.2 Å². The maximum atomic E-state index is 13.4. The predicted molar refractivity (Wildman–Crippen MR) is 143 cm³/mol. The van der Waals surface area contributed by atoms with E-state index in [2.05, 4.69) is 9.72 Å². The van der Waals surface area contributed by atoms with Crippen LogP contribution in [-0.4, -0.2) is 29.0 Å². The predicted octanol–water partition coefficient (Wildman–Crippen LogP) is 7.07. The van der Waals surface area contributed by atoms with Crippen molar-refractivity contribution >= 4 is 28.4 Å². The van der Waals surface area contributed by atoms with E-state index in [0.717, 1.165) is 18.4 Å². The molecule has 2 aliphatic rings. The second kappa shape index (κ2) is 10.4. The summed E-state index contributed by atoms with van der Waals surface area (Å²) in [5, 5.41) is 1.76. The second-order valence-electron chi connectivity index (χ2n) is 9.82. The molecule has 0 bridgehead atoms. The normalized spacial score (nSPS) is 15.7. The van der Waals surface area contributed by atoms with Gasteiger partial charge in [0.15, 0.2) is 16.5 Å². The third kappa shape index (κ3) is 6.11. The summed E-state index contributed by atoms with van der Waals surface area (Å²) in [4.78, 5) is 18.6. The van der Waals surface area contributed by atoms with Crippen LogP contribution in [0.5, 0.6) is 17.2 Å². The molecule has 6 rings (SSSR count). The molecule has 0 radical (unpaired) electrons. The molecule has 0 N–H and O–H groups in total. The Labute approximate surface area is 226 Å². The number of benzene rings is 2. The van der Waals surface area contributed by atoms with Gasteiger partial charge in [0.2, 0.25) is 0 Å². The number of rotatable bonds is 10. The van der Waals surface area contributed by atoms with Crippen LogP contribution >= 0.6 is 11.3 Å². The molecule has 0 spiro atoms. The summed E-state index contributed by atoms with van der Waals surface area (Å²) >= 11 is 1.32. The lowest BCUT2D eigenvalue weighted by molar-refractivity contribution is -0.274. The van der Waals surface area contributed by atoms with E-state index in [4.69, 9.17) is 9.47 Å². The van der Waals surface area contributed by atoms with Crippen molar-refractivity contribution in [1.29, 1.82) is 0 Å². The number of nitrogens with zero attached hydrogens (tertiary/aromatic N) is 2. The number of hydrogen-bond donors (Lipinski definition) is 0. The van der Waals surface area contributed by atoms with Crippen LogP contribution < -0.4 is 19.8 Å². The summed E-state index contributed by atoms with van der Waals surface area (Å²) in [7, 11) is 0. The van der Waals surface area contributed by atoms with Gasteiger partial charge in [-0.2, -0.15) is 0 Å². The Hall–Kier alpha value is -3.79. The molecule has 0 amide bonds. The third-order valence-electron chi connectivity index (χ3n) is 6.63. The van der Waals surface area contributed by atoms with Gasteiger partial charge in [0, 0.05) is 17.1 Å². The van der Waals surface area contributed by atoms with E-state index in [-0.39, 0.29) is 16.9 Å². The third-order valence-corrected chi connectivity index (χ3v) is 7.39. The molecule has 0 atom stereocenters. The highest BCUT2D eigenvalue weighted by Gasteiger charge is 2.31. The topological polar surface area (TPSA) is 62.1 Å². The minimum atomic E-state index is -4.80. The van der Waals surface area contributed by atoms with Crippen molar-refractivity contribution in [3.8, 4) is 28.4 Å². The Morgan fingerprint density at radius 1 is 0.974 bits per heavy atom. The lowest BCUT2D eigenvalue weighted by atomic mass is 10.0. The summed E-state index contributed by atoms with van der Waals surface area (Å²) < 4.78 is 55.6. The number of hydrogen-bond acceptors (Lipinski definition) is 6. The van der Waals surface area contributed by atoms with E-state index < -0.39 is 6.36 Å². The summed E-state index contributed by atoms with van der Waals surface area (Å²) in [5.41, 5.74) is 1.55. The number of thiazole rings is 1. The van der Waals surface area contributed by atoms with Crippen LogP contribution in [0.2, 0.25) is 0 Å². The van der Waals surface area contributed by atoms with Gasteiger partial charge in [-0.1, -0.05) is 24.3 Å². The van der Waals surface area contributed by atoms with E-state index in [1.54, 1.807) is 17.7 Å². The zero-order valence-electron chi connectivity index (χ0n) is 20.8. The molecule has 10 heteroatoms. The zero-order valence-corrected chi connectivity index (χ0v) is 21.6. The SMILES string of the molecule is O=c1c(-c2ccc(OC(F)(F)F)cc2)c(/C=C/c2cccc(OCC3CC3)c2OCC2CC2)nc2sccn12. The molecule has 2 saturated carbocycles. The second-order valence-corrected chi connectivity index (χ2v) is 10.7. The standard InChI is InChI=1S/C29H25F3N2O4S/c30-29(31,32)38-22-11-8-20(9-12-22)25-23(33-28-34(27(25)35)14-15-39-28)13-10-21-2-1-3-24(36-16-18-4-5-18)26(21)37-17-19-6-7-19/h1-3,8-15,18-19H,4-7,16-17H2/b13-10+. The van der Waals surface area contributed by atoms with Crippen molar-refractivity contribution in [2.75, 3.05) is 13.2 Å². The van der Waals surface area contributed by atoms with E-state index in [1.807, 2.05) is 24.3 Å². The van der Waals surface area contributed by atoms with E-state index in [0.29, 0.717) is 52.8 Å². The van der Waals surface area contributed by atoms with E-state index >= 15 is 0 Å². The van der Waals surface area contributed by atoms with Crippen LogP contribution in [0, 0.1) is 11.8 Å². The lowest BCUT2D eigenvalue weighted by Crippen LogP contribution is -2.18. The van der Waals surface area contributed by atoms with Gasteiger partial charge < -0.3 is 14.2 Å². The van der Waals surface area contributed by atoms with Gasteiger partial charge in [-0.3, -0.25) is 9.20 Å². The van der Waals surface area contributed by atoms with Crippen LogP contribution in [0.4, 0.5) is 13.2 Å². The van der Waals surface area contributed by atoms with Gasteiger partial charge in [0.1, 0.15) is 5.75 Å². The van der Waals surface area contributed by atoms with E-state index in [9.17, 15) is 18.0 Å². The first kappa shape index (κ1) is 25.5. The quantitative estimate of drug-likeness (QED) is 0.210. The van der Waals surface area contributed by atoms with Crippen molar-refractivity contribution in [1.82, 2.24) is 9.38 Å². The first-order valence-electron chi connectivity index (χ1n) is 12.8. The van der Waals surface area contributed by atoms with Gasteiger partial charge in [-0.15, -0.1) is 24.5 Å². The van der Waals surface area contributed by atoms with Gasteiger partial charge in [0.25, 0.3) is 5.56 Å². The van der Waals surface area contributed by atoms with Gasteiger partial charge >= 0.3 is 6.36 Å². The number of para-hydroxylation sites is 1. The molecule has 2 aliphatic carbocycles. The minimum absolute atomic E-state index is 0.266. The highest BCUT2D eigenvalue weighted by atomic mass is 32.1. The summed E-state index contributed by atoms with van der Waals surface area (Å²) in [6.45, 7) is 1.27. The fourth-order valence-corrected chi connectivity index (χ4v) is 4.90. The molecule has 0 aliphatic heterocycles. The maximum Gasteiger partial charge on any atom is 0.573 e. The van der Waals surface area contributed by atoms with Crippen molar-refractivity contribution in [3.63, 3.8) is 0 Å². The van der Waals surface area contributed by atoms with Gasteiger partial charge in [0.05, 0.1) is 24.5 Å². The van der Waals surface area contributed by atoms with Crippen molar-refractivity contribution in [3.05, 3.63) is 75.7 Å². The molecule has 2 aromatic heterocycles. The molecule has 2 fully saturated rings. The van der Waals surface area contributed by atoms with Gasteiger partial charge in [-0.05, 0) is 73.4 Å². The summed E-state index contributed by atoms with van der Waals surface area (Å²) in [6.07, 6.45) is 5.05. The number of ether oxygens (including phenoxy) is 3. The monoisotopic (exact) mass is 554 g/mol. The molecular weight excluding hydrogens is 529 g/mol. The maximum absolute atomic E-state index is 13.4. The highest BCUT2D eigenvalue weighted by Crippen LogP contribution is 2.38. The minimum Gasteiger partial charge on any atom is -0.489 e. The number of fused-ring (bicyclic) bond motifs is 1. The summed E-state index contributed by atoms with van der Waals surface area (Å²) in [6, 6.07) is 10.9. The first-order chi connectivity index (χ1) is 18.8. The van der Waals surface area contributed by atoms with Crippen LogP contribution in [0.15, 0.2) is 58.8 Å². The Kier molecular flexibility index (Phi) is 6.80. The molecule has 6 nitrogen and oxygen atoms in total. The number of aromatic nitrogens is 2. The molecule has 0 unspecified atom stereocenters. The molecule has 202 valence electrons. The first-order valence-corrected chi connectivity index (χ1v) is 13.6. The zero-order chi connectivity index (χ0) is 27.0. The average Bonchev–Trinajstić information content (AvgIpc) is 3.84. The smallest absolute Gasteiger partial charge is 0.489 e. The highest BCUT2D eigenvalue weighted by molar-refractivity contribution is 7.15. The Morgan fingerprint density at radius 2 is 1.69 bits per heavy atom. The Morgan fingerprint density at radius 3 is 2.38 bits per heavy atom. The molecular formula is C29H25F3N2O4S. The largest absolute Gasteiger partial charge is 0.573 e. The Bertz CT molecular complexity index is 1570. The molecule has 0 saturated heterocycles. The van der Waals surface area contributed by atoms with Crippen molar-refractivity contribution in [2.24, 2.45) is 11.8 Å². The molecule has 4 aromatic rings. The number of alkyl halides is 3. The number of halogens is 3. The van der Waals surface area contributed by atoms with Gasteiger partial charge in [-0.25, -0.2) is 4.98 Å². The Balaban J connectivity index is 1.37. The van der Waals surface area contributed by atoms with Crippen molar-refractivity contribution < 1.29 is 27.4 Å². The molecule has 2 heterocycles. The van der Waals surface area contributed by atoms with E-state index in [1.165, 1.54) is 52.8 Å². The molecule has 39 heavy (non-hydrogen) atoms. The fourth-order valence-electron chi connectivity index (χ4n) is 4.19. The lowest BCUT2D eigenvalue weighted by Gasteiger charge is -2.15. The summed E-state index contributed by atoms with van der Waals surface area (Å²) in [5.74, 6) is 2.12. The molecule has 2 aromatic carbocycles. The average molecular weight is 555 g/mol.